The molecule has 1 aromatic heterocycles. The summed E-state index contributed by atoms with van der Waals surface area (Å²) < 4.78 is 0. The molecule has 0 atom stereocenters. The maximum atomic E-state index is 12.4. The molecule has 1 fully saturated rings. The maximum absolute atomic E-state index is 12.4. The van der Waals surface area contributed by atoms with Crippen molar-refractivity contribution in [3.8, 4) is 0 Å². The van der Waals surface area contributed by atoms with E-state index in [0.29, 0.717) is 5.02 Å². The number of benzene rings is 1. The zero-order valence-electron chi connectivity index (χ0n) is 11.7. The van der Waals surface area contributed by atoms with Gasteiger partial charge in [0.15, 0.2) is 0 Å². The molecule has 1 aromatic carbocycles. The number of aromatic nitrogens is 1. The number of nitrogens with one attached hydrogen (secondary N) is 1. The highest BCUT2D eigenvalue weighted by Crippen LogP contribution is 2.30. The summed E-state index contributed by atoms with van der Waals surface area (Å²) in [5.41, 5.74) is 7.33. The first-order chi connectivity index (χ1) is 10.1. The van der Waals surface area contributed by atoms with E-state index in [1.54, 1.807) is 12.3 Å². The van der Waals surface area contributed by atoms with Gasteiger partial charge in [0.2, 0.25) is 5.91 Å². The topological polar surface area (TPSA) is 68.0 Å². The van der Waals surface area contributed by atoms with Gasteiger partial charge in [0.25, 0.3) is 0 Å². The highest BCUT2D eigenvalue weighted by molar-refractivity contribution is 6.35. The van der Waals surface area contributed by atoms with Gasteiger partial charge in [0.05, 0.1) is 16.2 Å². The molecule has 1 aliphatic carbocycles. The van der Waals surface area contributed by atoms with E-state index < -0.39 is 0 Å². The van der Waals surface area contributed by atoms with Crippen LogP contribution in [0.2, 0.25) is 5.02 Å². The molecule has 5 heteroatoms. The minimum Gasteiger partial charge on any atom is -0.328 e. The fourth-order valence-electron chi connectivity index (χ4n) is 2.85. The van der Waals surface area contributed by atoms with Gasteiger partial charge in [-0.25, -0.2) is 0 Å². The Labute approximate surface area is 128 Å². The number of anilines is 1. The Kier molecular flexibility index (Phi) is 4.08. The van der Waals surface area contributed by atoms with Crippen LogP contribution in [0.5, 0.6) is 0 Å². The summed E-state index contributed by atoms with van der Waals surface area (Å²) in [7, 11) is 0. The monoisotopic (exact) mass is 303 g/mol. The minimum absolute atomic E-state index is 0.0410. The third kappa shape index (κ3) is 3.01. The quantitative estimate of drug-likeness (QED) is 0.894. The zero-order chi connectivity index (χ0) is 14.8. The van der Waals surface area contributed by atoms with E-state index in [9.17, 15) is 4.79 Å². The molecule has 2 aromatic rings. The van der Waals surface area contributed by atoms with Gasteiger partial charge in [-0.3, -0.25) is 9.78 Å². The van der Waals surface area contributed by atoms with Crippen molar-refractivity contribution in [1.29, 1.82) is 0 Å². The van der Waals surface area contributed by atoms with Gasteiger partial charge in [-0.2, -0.15) is 0 Å². The van der Waals surface area contributed by atoms with E-state index in [1.165, 1.54) is 0 Å². The number of rotatable bonds is 2. The van der Waals surface area contributed by atoms with E-state index in [1.807, 2.05) is 18.2 Å². The fraction of sp³-hybridized carbons (Fsp3) is 0.375. The molecule has 21 heavy (non-hydrogen) atoms. The first kappa shape index (κ1) is 14.3. The average Bonchev–Trinajstić information content (AvgIpc) is 2.51. The molecule has 0 aliphatic heterocycles. The summed E-state index contributed by atoms with van der Waals surface area (Å²) in [6.45, 7) is 0. The standard InChI is InChI=1S/C16H18ClN3O/c17-13-7-8-14(15-12(13)2-1-9-19-15)20-16(21)10-3-5-11(18)6-4-10/h1-2,7-11H,3-6,18H2,(H,20,21). The van der Waals surface area contributed by atoms with Crippen LogP contribution in [0.3, 0.4) is 0 Å². The van der Waals surface area contributed by atoms with Crippen molar-refractivity contribution >= 4 is 34.1 Å². The molecule has 3 N–H and O–H groups in total. The summed E-state index contributed by atoms with van der Waals surface area (Å²) in [5, 5.41) is 4.48. The first-order valence-corrected chi connectivity index (χ1v) is 7.62. The van der Waals surface area contributed by atoms with Crippen molar-refractivity contribution < 1.29 is 4.79 Å². The van der Waals surface area contributed by atoms with E-state index >= 15 is 0 Å². The van der Waals surface area contributed by atoms with Gasteiger partial charge in [-0.15, -0.1) is 0 Å². The van der Waals surface area contributed by atoms with Crippen molar-refractivity contribution in [1.82, 2.24) is 4.98 Å². The summed E-state index contributed by atoms with van der Waals surface area (Å²) >= 11 is 6.16. The number of carbonyl (C=O) groups is 1. The van der Waals surface area contributed by atoms with Gasteiger partial charge in [-0.05, 0) is 49.9 Å². The molecule has 1 saturated carbocycles. The molecule has 110 valence electrons. The second-order valence-electron chi connectivity index (χ2n) is 5.60. The molecule has 1 aliphatic rings. The Hall–Kier alpha value is -1.65. The normalized spacial score (nSPS) is 22.2. The van der Waals surface area contributed by atoms with Crippen LogP contribution in [0.1, 0.15) is 25.7 Å². The molecule has 1 amide bonds. The van der Waals surface area contributed by atoms with Crippen LogP contribution in [0.15, 0.2) is 30.5 Å². The number of hydrogen-bond acceptors (Lipinski definition) is 3. The van der Waals surface area contributed by atoms with Crippen LogP contribution in [-0.4, -0.2) is 16.9 Å². The van der Waals surface area contributed by atoms with E-state index in [4.69, 9.17) is 17.3 Å². The third-order valence-corrected chi connectivity index (χ3v) is 4.45. The SMILES string of the molecule is NC1CCC(C(=O)Nc2ccc(Cl)c3cccnc23)CC1. The number of carbonyl (C=O) groups excluding carboxylic acids is 1. The number of nitrogens with zero attached hydrogens (tertiary/aromatic N) is 1. The fourth-order valence-corrected chi connectivity index (χ4v) is 3.07. The summed E-state index contributed by atoms with van der Waals surface area (Å²) in [6.07, 6.45) is 5.24. The van der Waals surface area contributed by atoms with Crippen LogP contribution in [0.25, 0.3) is 10.9 Å². The molecule has 1 heterocycles. The predicted octanol–water partition coefficient (Wildman–Crippen LogP) is 3.34. The van der Waals surface area contributed by atoms with Gasteiger partial charge in [0.1, 0.15) is 0 Å². The van der Waals surface area contributed by atoms with Crippen molar-refractivity contribution in [3.63, 3.8) is 0 Å². The van der Waals surface area contributed by atoms with Gasteiger partial charge >= 0.3 is 0 Å². The third-order valence-electron chi connectivity index (χ3n) is 4.12. The second kappa shape index (κ2) is 6.00. The highest BCUT2D eigenvalue weighted by Gasteiger charge is 2.25. The molecular formula is C16H18ClN3O. The van der Waals surface area contributed by atoms with Crippen LogP contribution in [-0.2, 0) is 4.79 Å². The molecule has 0 saturated heterocycles. The second-order valence-corrected chi connectivity index (χ2v) is 6.00. The molecular weight excluding hydrogens is 286 g/mol. The molecule has 0 unspecified atom stereocenters. The number of hydrogen-bond donors (Lipinski definition) is 2. The van der Waals surface area contributed by atoms with Crippen molar-refractivity contribution in [3.05, 3.63) is 35.5 Å². The van der Waals surface area contributed by atoms with E-state index in [-0.39, 0.29) is 17.9 Å². The Morgan fingerprint density at radius 2 is 2.00 bits per heavy atom. The maximum Gasteiger partial charge on any atom is 0.227 e. The number of nitrogens with two attached hydrogens (primary N) is 1. The largest absolute Gasteiger partial charge is 0.328 e. The molecule has 3 rings (SSSR count). The first-order valence-electron chi connectivity index (χ1n) is 7.25. The lowest BCUT2D eigenvalue weighted by Gasteiger charge is -2.25. The van der Waals surface area contributed by atoms with E-state index in [2.05, 4.69) is 10.3 Å². The molecule has 4 nitrogen and oxygen atoms in total. The number of amides is 1. The lowest BCUT2D eigenvalue weighted by Crippen LogP contribution is -2.32. The van der Waals surface area contributed by atoms with Gasteiger partial charge < -0.3 is 11.1 Å². The Morgan fingerprint density at radius 3 is 2.76 bits per heavy atom. The lowest BCUT2D eigenvalue weighted by molar-refractivity contribution is -0.120. The van der Waals surface area contributed by atoms with Crippen LogP contribution in [0.4, 0.5) is 5.69 Å². The smallest absolute Gasteiger partial charge is 0.227 e. The average molecular weight is 304 g/mol. The van der Waals surface area contributed by atoms with Crippen LogP contribution in [0, 0.1) is 5.92 Å². The lowest BCUT2D eigenvalue weighted by atomic mass is 9.86. The summed E-state index contributed by atoms with van der Waals surface area (Å²) in [5.74, 6) is 0.0930. The van der Waals surface area contributed by atoms with Crippen LogP contribution >= 0.6 is 11.6 Å². The van der Waals surface area contributed by atoms with Gasteiger partial charge in [-0.1, -0.05) is 11.6 Å². The van der Waals surface area contributed by atoms with Crippen molar-refractivity contribution in [2.75, 3.05) is 5.32 Å². The molecule has 0 spiro atoms. The zero-order valence-corrected chi connectivity index (χ0v) is 12.4. The number of pyridine rings is 1. The minimum atomic E-state index is 0.0410. The number of fused-ring (bicyclic) bond motifs is 1. The Balaban J connectivity index is 1.82. The van der Waals surface area contributed by atoms with Crippen molar-refractivity contribution in [2.45, 2.75) is 31.7 Å². The summed E-state index contributed by atoms with van der Waals surface area (Å²) in [4.78, 5) is 16.7. The Morgan fingerprint density at radius 1 is 1.24 bits per heavy atom. The number of halogens is 1. The summed E-state index contributed by atoms with van der Waals surface area (Å²) in [6, 6.07) is 7.58. The van der Waals surface area contributed by atoms with Gasteiger partial charge in [0, 0.05) is 23.5 Å². The highest BCUT2D eigenvalue weighted by atomic mass is 35.5. The van der Waals surface area contributed by atoms with Crippen molar-refractivity contribution in [2.24, 2.45) is 11.7 Å². The molecule has 0 bridgehead atoms. The Bertz CT molecular complexity index is 666. The van der Waals surface area contributed by atoms with E-state index in [0.717, 1.165) is 42.3 Å². The predicted molar refractivity (Wildman–Crippen MR) is 85.3 cm³/mol. The molecule has 0 radical (unpaired) electrons. The van der Waals surface area contributed by atoms with Crippen LogP contribution < -0.4 is 11.1 Å².